The topological polar surface area (TPSA) is 58.6 Å². The summed E-state index contributed by atoms with van der Waals surface area (Å²) in [5.41, 5.74) is 0. The van der Waals surface area contributed by atoms with Crippen LogP contribution in [0.5, 0.6) is 0 Å². The SMILES string of the molecule is COC(=O)CCCN(C)C(=O)C1NCC2CCCC21. The molecule has 0 radical (unpaired) electrons. The van der Waals surface area contributed by atoms with Gasteiger partial charge in [0.15, 0.2) is 0 Å². The molecule has 0 aromatic heterocycles. The highest BCUT2D eigenvalue weighted by Gasteiger charge is 2.43. The van der Waals surface area contributed by atoms with E-state index in [1.807, 2.05) is 7.05 Å². The van der Waals surface area contributed by atoms with Crippen LogP contribution < -0.4 is 5.32 Å². The van der Waals surface area contributed by atoms with Gasteiger partial charge in [-0.2, -0.15) is 0 Å². The number of rotatable bonds is 5. The van der Waals surface area contributed by atoms with Crippen molar-refractivity contribution >= 4 is 11.9 Å². The normalized spacial score (nSPS) is 29.1. The quantitative estimate of drug-likeness (QED) is 0.749. The predicted molar refractivity (Wildman–Crippen MR) is 71.5 cm³/mol. The summed E-state index contributed by atoms with van der Waals surface area (Å²) in [6, 6.07) is -0.00405. The van der Waals surface area contributed by atoms with Gasteiger partial charge in [-0.1, -0.05) is 6.42 Å². The minimum atomic E-state index is -0.212. The van der Waals surface area contributed by atoms with Crippen molar-refractivity contribution in [2.45, 2.75) is 38.1 Å². The molecule has 1 saturated heterocycles. The van der Waals surface area contributed by atoms with Gasteiger partial charge in [0.25, 0.3) is 0 Å². The fraction of sp³-hybridized carbons (Fsp3) is 0.857. The molecule has 1 heterocycles. The Kier molecular flexibility index (Phi) is 4.80. The van der Waals surface area contributed by atoms with Gasteiger partial charge in [-0.05, 0) is 37.6 Å². The Morgan fingerprint density at radius 3 is 2.89 bits per heavy atom. The highest BCUT2D eigenvalue weighted by atomic mass is 16.5. The molecule has 0 spiro atoms. The summed E-state index contributed by atoms with van der Waals surface area (Å²) in [5.74, 6) is 1.18. The molecule has 1 amide bonds. The first kappa shape index (κ1) is 14.3. The predicted octanol–water partition coefficient (Wildman–Crippen LogP) is 0.786. The number of ether oxygens (including phenoxy) is 1. The van der Waals surface area contributed by atoms with Crippen molar-refractivity contribution in [3.63, 3.8) is 0 Å². The average Bonchev–Trinajstić information content (AvgIpc) is 2.99. The van der Waals surface area contributed by atoms with Crippen LogP contribution in [0.15, 0.2) is 0 Å². The van der Waals surface area contributed by atoms with Crippen LogP contribution in [0.4, 0.5) is 0 Å². The van der Waals surface area contributed by atoms with Crippen LogP contribution in [0.3, 0.4) is 0 Å². The smallest absolute Gasteiger partial charge is 0.305 e. The molecule has 1 saturated carbocycles. The van der Waals surface area contributed by atoms with E-state index in [1.54, 1.807) is 4.90 Å². The largest absolute Gasteiger partial charge is 0.469 e. The van der Waals surface area contributed by atoms with E-state index in [1.165, 1.54) is 26.4 Å². The number of hydrogen-bond acceptors (Lipinski definition) is 4. The number of esters is 1. The minimum Gasteiger partial charge on any atom is -0.469 e. The third kappa shape index (κ3) is 3.26. The zero-order chi connectivity index (χ0) is 13.8. The van der Waals surface area contributed by atoms with E-state index in [4.69, 9.17) is 0 Å². The van der Waals surface area contributed by atoms with Crippen molar-refractivity contribution in [2.24, 2.45) is 11.8 Å². The van der Waals surface area contributed by atoms with E-state index >= 15 is 0 Å². The Bertz CT molecular complexity index is 346. The van der Waals surface area contributed by atoms with Gasteiger partial charge in [0.1, 0.15) is 0 Å². The first-order chi connectivity index (χ1) is 9.13. The number of carbonyl (C=O) groups is 2. The number of methoxy groups -OCH3 is 1. The molecule has 5 heteroatoms. The first-order valence-corrected chi connectivity index (χ1v) is 7.18. The Balaban J connectivity index is 1.77. The van der Waals surface area contributed by atoms with Gasteiger partial charge in [-0.3, -0.25) is 9.59 Å². The highest BCUT2D eigenvalue weighted by molar-refractivity contribution is 5.82. The highest BCUT2D eigenvalue weighted by Crippen LogP contribution is 2.38. The van der Waals surface area contributed by atoms with Gasteiger partial charge in [0, 0.05) is 20.0 Å². The summed E-state index contributed by atoms with van der Waals surface area (Å²) in [6.07, 6.45) is 4.72. The second-order valence-electron chi connectivity index (χ2n) is 5.68. The van der Waals surface area contributed by atoms with Crippen molar-refractivity contribution in [2.75, 3.05) is 27.2 Å². The molecular formula is C14H24N2O3. The Labute approximate surface area is 114 Å². The number of fused-ring (bicyclic) bond motifs is 1. The second-order valence-corrected chi connectivity index (χ2v) is 5.68. The summed E-state index contributed by atoms with van der Waals surface area (Å²) in [5, 5.41) is 3.37. The summed E-state index contributed by atoms with van der Waals surface area (Å²) in [6.45, 7) is 1.60. The van der Waals surface area contributed by atoms with E-state index in [-0.39, 0.29) is 17.9 Å². The van der Waals surface area contributed by atoms with E-state index in [9.17, 15) is 9.59 Å². The summed E-state index contributed by atoms with van der Waals surface area (Å²) < 4.78 is 4.59. The molecule has 2 rings (SSSR count). The van der Waals surface area contributed by atoms with E-state index in [2.05, 4.69) is 10.1 Å². The summed E-state index contributed by atoms with van der Waals surface area (Å²) in [7, 11) is 3.21. The van der Waals surface area contributed by atoms with Crippen LogP contribution >= 0.6 is 0 Å². The summed E-state index contributed by atoms with van der Waals surface area (Å²) in [4.78, 5) is 25.2. The number of hydrogen-bond donors (Lipinski definition) is 1. The van der Waals surface area contributed by atoms with E-state index < -0.39 is 0 Å². The lowest BCUT2D eigenvalue weighted by atomic mass is 9.93. The Morgan fingerprint density at radius 1 is 1.37 bits per heavy atom. The van der Waals surface area contributed by atoms with Crippen LogP contribution in [-0.4, -0.2) is 50.1 Å². The van der Waals surface area contributed by atoms with Crippen LogP contribution in [0.2, 0.25) is 0 Å². The molecular weight excluding hydrogens is 244 g/mol. The monoisotopic (exact) mass is 268 g/mol. The van der Waals surface area contributed by atoms with Crippen molar-refractivity contribution in [3.8, 4) is 0 Å². The Hall–Kier alpha value is -1.10. The molecule has 3 unspecified atom stereocenters. The van der Waals surface area contributed by atoms with E-state index in [0.29, 0.717) is 31.2 Å². The number of likely N-dealkylation sites (N-methyl/N-ethyl adjacent to an activating group) is 1. The van der Waals surface area contributed by atoms with Crippen LogP contribution in [0, 0.1) is 11.8 Å². The summed E-state index contributed by atoms with van der Waals surface area (Å²) >= 11 is 0. The van der Waals surface area contributed by atoms with Gasteiger partial charge in [0.2, 0.25) is 5.91 Å². The van der Waals surface area contributed by atoms with Crippen molar-refractivity contribution in [1.82, 2.24) is 10.2 Å². The average molecular weight is 268 g/mol. The van der Waals surface area contributed by atoms with Crippen LogP contribution in [-0.2, 0) is 14.3 Å². The van der Waals surface area contributed by atoms with Crippen LogP contribution in [0.25, 0.3) is 0 Å². The molecule has 0 aromatic rings. The molecule has 0 aromatic carbocycles. The molecule has 19 heavy (non-hydrogen) atoms. The molecule has 1 aliphatic heterocycles. The van der Waals surface area contributed by atoms with Gasteiger partial charge in [-0.15, -0.1) is 0 Å². The maximum absolute atomic E-state index is 12.4. The molecule has 2 aliphatic rings. The standard InChI is InChI=1S/C14H24N2O3/c1-16(8-4-7-12(17)19-2)14(18)13-11-6-3-5-10(11)9-15-13/h10-11,13,15H,3-9H2,1-2H3. The second kappa shape index (κ2) is 6.37. The molecule has 2 fully saturated rings. The fourth-order valence-corrected chi connectivity index (χ4v) is 3.37. The lowest BCUT2D eigenvalue weighted by Gasteiger charge is -2.24. The molecule has 1 aliphatic carbocycles. The molecule has 1 N–H and O–H groups in total. The van der Waals surface area contributed by atoms with E-state index in [0.717, 1.165) is 6.54 Å². The molecule has 0 bridgehead atoms. The van der Waals surface area contributed by atoms with Crippen LogP contribution in [0.1, 0.15) is 32.1 Å². The fourth-order valence-electron chi connectivity index (χ4n) is 3.37. The molecule has 5 nitrogen and oxygen atoms in total. The molecule has 108 valence electrons. The van der Waals surface area contributed by atoms with Crippen molar-refractivity contribution in [1.29, 1.82) is 0 Å². The minimum absolute atomic E-state index is 0.00405. The van der Waals surface area contributed by atoms with Crippen molar-refractivity contribution < 1.29 is 14.3 Å². The third-order valence-corrected chi connectivity index (χ3v) is 4.49. The maximum atomic E-state index is 12.4. The van der Waals surface area contributed by atoms with Gasteiger partial charge >= 0.3 is 5.97 Å². The Morgan fingerprint density at radius 2 is 2.16 bits per heavy atom. The maximum Gasteiger partial charge on any atom is 0.305 e. The zero-order valence-corrected chi connectivity index (χ0v) is 11.9. The molecule has 3 atom stereocenters. The zero-order valence-electron chi connectivity index (χ0n) is 11.9. The van der Waals surface area contributed by atoms with Gasteiger partial charge in [0.05, 0.1) is 13.2 Å². The number of carbonyl (C=O) groups excluding carboxylic acids is 2. The lowest BCUT2D eigenvalue weighted by Crippen LogP contribution is -2.45. The number of nitrogens with zero attached hydrogens (tertiary/aromatic N) is 1. The van der Waals surface area contributed by atoms with Gasteiger partial charge in [-0.25, -0.2) is 0 Å². The van der Waals surface area contributed by atoms with Gasteiger partial charge < -0.3 is 15.0 Å². The number of amides is 1. The third-order valence-electron chi connectivity index (χ3n) is 4.49. The van der Waals surface area contributed by atoms with Crippen molar-refractivity contribution in [3.05, 3.63) is 0 Å². The lowest BCUT2D eigenvalue weighted by molar-refractivity contribution is -0.141. The number of nitrogens with one attached hydrogen (secondary N) is 1. The first-order valence-electron chi connectivity index (χ1n) is 7.18.